The molecule has 1 aromatic carbocycles. The van der Waals surface area contributed by atoms with Gasteiger partial charge in [0, 0.05) is 19.3 Å². The second kappa shape index (κ2) is 7.60. The van der Waals surface area contributed by atoms with E-state index < -0.39 is 5.82 Å². The minimum absolute atomic E-state index is 0.0373. The van der Waals surface area contributed by atoms with E-state index in [1.54, 1.807) is 19.2 Å². The molecule has 4 nitrogen and oxygen atoms in total. The van der Waals surface area contributed by atoms with Gasteiger partial charge in [-0.1, -0.05) is 0 Å². The molecule has 0 atom stereocenters. The van der Waals surface area contributed by atoms with Crippen molar-refractivity contribution in [3.63, 3.8) is 0 Å². The number of nitrogens with one attached hydrogen (secondary N) is 1. The molecule has 0 heterocycles. The molecule has 0 bridgehead atoms. The van der Waals surface area contributed by atoms with Crippen LogP contribution in [0.25, 0.3) is 0 Å². The first-order valence-corrected chi connectivity index (χ1v) is 5.28. The molecule has 0 saturated carbocycles. The molecule has 0 aliphatic carbocycles. The molecule has 1 rings (SSSR count). The number of hydrogen-bond donors (Lipinski definition) is 1. The fourth-order valence-corrected chi connectivity index (χ4v) is 1.23. The monoisotopic (exact) mass is 238 g/mol. The number of nitriles is 1. The Morgan fingerprint density at radius 1 is 1.35 bits per heavy atom. The van der Waals surface area contributed by atoms with Gasteiger partial charge in [-0.15, -0.1) is 0 Å². The molecule has 0 unspecified atom stereocenters. The van der Waals surface area contributed by atoms with Crippen molar-refractivity contribution < 1.29 is 13.9 Å². The quantitative estimate of drug-likeness (QED) is 0.735. The van der Waals surface area contributed by atoms with Crippen molar-refractivity contribution in [1.82, 2.24) is 0 Å². The van der Waals surface area contributed by atoms with E-state index in [1.165, 1.54) is 12.1 Å². The molecule has 0 aliphatic heterocycles. The molecule has 0 amide bonds. The van der Waals surface area contributed by atoms with Crippen LogP contribution in [0.15, 0.2) is 18.2 Å². The van der Waals surface area contributed by atoms with Crippen LogP contribution in [0.1, 0.15) is 5.56 Å². The standard InChI is InChI=1S/C12H15FN2O2/c1-16-6-7-17-5-4-15-11-2-3-12(13)10(8-11)9-14/h2-3,8,15H,4-7H2,1H3. The summed E-state index contributed by atoms with van der Waals surface area (Å²) in [5.41, 5.74) is 0.744. The number of ether oxygens (including phenoxy) is 2. The summed E-state index contributed by atoms with van der Waals surface area (Å²) >= 11 is 0. The zero-order valence-corrected chi connectivity index (χ0v) is 9.70. The Morgan fingerprint density at radius 3 is 2.88 bits per heavy atom. The highest BCUT2D eigenvalue weighted by Crippen LogP contribution is 2.13. The fourth-order valence-electron chi connectivity index (χ4n) is 1.23. The van der Waals surface area contributed by atoms with Crippen LogP contribution in [-0.2, 0) is 9.47 Å². The molecule has 17 heavy (non-hydrogen) atoms. The predicted molar refractivity (Wildman–Crippen MR) is 62.3 cm³/mol. The van der Waals surface area contributed by atoms with Gasteiger partial charge in [-0.05, 0) is 18.2 Å². The first-order valence-electron chi connectivity index (χ1n) is 5.28. The van der Waals surface area contributed by atoms with Crippen molar-refractivity contribution in [2.24, 2.45) is 0 Å². The number of halogens is 1. The molecule has 0 spiro atoms. The zero-order chi connectivity index (χ0) is 12.5. The highest BCUT2D eigenvalue weighted by atomic mass is 19.1. The van der Waals surface area contributed by atoms with Gasteiger partial charge in [0.2, 0.25) is 0 Å². The predicted octanol–water partition coefficient (Wildman–Crippen LogP) is 1.77. The number of rotatable bonds is 7. The number of methoxy groups -OCH3 is 1. The fraction of sp³-hybridized carbons (Fsp3) is 0.417. The van der Waals surface area contributed by atoms with Gasteiger partial charge in [0.1, 0.15) is 11.9 Å². The molecule has 0 fully saturated rings. The molecule has 5 heteroatoms. The maximum absolute atomic E-state index is 13.0. The van der Waals surface area contributed by atoms with E-state index >= 15 is 0 Å². The number of nitrogens with zero attached hydrogens (tertiary/aromatic N) is 1. The first-order chi connectivity index (χ1) is 8.27. The lowest BCUT2D eigenvalue weighted by Crippen LogP contribution is -2.12. The van der Waals surface area contributed by atoms with Gasteiger partial charge in [0.25, 0.3) is 0 Å². The third-order valence-corrected chi connectivity index (χ3v) is 2.09. The number of hydrogen-bond acceptors (Lipinski definition) is 4. The largest absolute Gasteiger partial charge is 0.383 e. The molecular formula is C12H15FN2O2. The average molecular weight is 238 g/mol. The Bertz CT molecular complexity index is 391. The first kappa shape index (κ1) is 13.4. The topological polar surface area (TPSA) is 54.3 Å². The van der Waals surface area contributed by atoms with Crippen molar-refractivity contribution in [3.05, 3.63) is 29.6 Å². The van der Waals surface area contributed by atoms with Crippen molar-refractivity contribution in [2.45, 2.75) is 0 Å². The van der Waals surface area contributed by atoms with E-state index in [0.717, 1.165) is 0 Å². The minimum Gasteiger partial charge on any atom is -0.383 e. The smallest absolute Gasteiger partial charge is 0.141 e. The third kappa shape index (κ3) is 4.81. The lowest BCUT2D eigenvalue weighted by atomic mass is 10.2. The van der Waals surface area contributed by atoms with E-state index in [9.17, 15) is 4.39 Å². The molecule has 0 saturated heterocycles. The highest BCUT2D eigenvalue weighted by Gasteiger charge is 2.01. The van der Waals surface area contributed by atoms with Crippen molar-refractivity contribution in [2.75, 3.05) is 38.8 Å². The van der Waals surface area contributed by atoms with Crippen LogP contribution >= 0.6 is 0 Å². The van der Waals surface area contributed by atoms with Gasteiger partial charge in [0.05, 0.1) is 25.4 Å². The van der Waals surface area contributed by atoms with Gasteiger partial charge in [-0.2, -0.15) is 5.26 Å². The number of benzene rings is 1. The second-order valence-corrected chi connectivity index (χ2v) is 3.34. The molecule has 0 radical (unpaired) electrons. The molecule has 1 N–H and O–H groups in total. The molecule has 92 valence electrons. The van der Waals surface area contributed by atoms with Gasteiger partial charge < -0.3 is 14.8 Å². The third-order valence-electron chi connectivity index (χ3n) is 2.09. The van der Waals surface area contributed by atoms with Gasteiger partial charge in [0.15, 0.2) is 0 Å². The molecule has 0 aromatic heterocycles. The summed E-state index contributed by atoms with van der Waals surface area (Å²) in [6.07, 6.45) is 0. The van der Waals surface area contributed by atoms with E-state index in [2.05, 4.69) is 5.32 Å². The van der Waals surface area contributed by atoms with Crippen molar-refractivity contribution >= 4 is 5.69 Å². The maximum atomic E-state index is 13.0. The van der Waals surface area contributed by atoms with Crippen molar-refractivity contribution in [1.29, 1.82) is 5.26 Å². The number of anilines is 1. The minimum atomic E-state index is -0.505. The van der Waals surface area contributed by atoms with Gasteiger partial charge >= 0.3 is 0 Å². The molecular weight excluding hydrogens is 223 g/mol. The molecule has 0 aliphatic rings. The summed E-state index contributed by atoms with van der Waals surface area (Å²) in [5.74, 6) is -0.505. The Hall–Kier alpha value is -1.64. The Labute approximate surface area is 100.0 Å². The SMILES string of the molecule is COCCOCCNc1ccc(F)c(C#N)c1. The lowest BCUT2D eigenvalue weighted by molar-refractivity contribution is 0.0759. The summed E-state index contributed by atoms with van der Waals surface area (Å²) in [6, 6.07) is 6.13. The van der Waals surface area contributed by atoms with Gasteiger partial charge in [-0.3, -0.25) is 0 Å². The summed E-state index contributed by atoms with van der Waals surface area (Å²) < 4.78 is 23.1. The van der Waals surface area contributed by atoms with E-state index in [4.69, 9.17) is 14.7 Å². The Balaban J connectivity index is 2.30. The van der Waals surface area contributed by atoms with Crippen LogP contribution in [0.3, 0.4) is 0 Å². The van der Waals surface area contributed by atoms with Crippen LogP contribution in [0.4, 0.5) is 10.1 Å². The van der Waals surface area contributed by atoms with Crippen LogP contribution in [-0.4, -0.2) is 33.5 Å². The van der Waals surface area contributed by atoms with Crippen LogP contribution in [0.2, 0.25) is 0 Å². The zero-order valence-electron chi connectivity index (χ0n) is 9.70. The van der Waals surface area contributed by atoms with Gasteiger partial charge in [-0.25, -0.2) is 4.39 Å². The Morgan fingerprint density at radius 2 is 2.18 bits per heavy atom. The Kier molecular flexibility index (Phi) is 6.00. The van der Waals surface area contributed by atoms with E-state index in [1.807, 2.05) is 0 Å². The van der Waals surface area contributed by atoms with E-state index in [-0.39, 0.29) is 5.56 Å². The summed E-state index contributed by atoms with van der Waals surface area (Å²) in [4.78, 5) is 0. The normalized spacial score (nSPS) is 9.94. The second-order valence-electron chi connectivity index (χ2n) is 3.34. The molecule has 1 aromatic rings. The summed E-state index contributed by atoms with van der Waals surface area (Å²) in [7, 11) is 1.61. The van der Waals surface area contributed by atoms with Crippen LogP contribution in [0.5, 0.6) is 0 Å². The summed E-state index contributed by atoms with van der Waals surface area (Å²) in [6.45, 7) is 2.24. The maximum Gasteiger partial charge on any atom is 0.141 e. The van der Waals surface area contributed by atoms with Crippen LogP contribution in [0, 0.1) is 17.1 Å². The van der Waals surface area contributed by atoms with Crippen LogP contribution < -0.4 is 5.32 Å². The average Bonchev–Trinajstić information content (AvgIpc) is 2.35. The highest BCUT2D eigenvalue weighted by molar-refractivity contribution is 5.49. The van der Waals surface area contributed by atoms with Crippen molar-refractivity contribution in [3.8, 4) is 6.07 Å². The summed E-state index contributed by atoms with van der Waals surface area (Å²) in [5, 5.41) is 11.7. The van der Waals surface area contributed by atoms with E-state index in [0.29, 0.717) is 32.1 Å². The lowest BCUT2D eigenvalue weighted by Gasteiger charge is -2.07.